The second-order valence-corrected chi connectivity index (χ2v) is 6.33. The number of para-hydroxylation sites is 1. The van der Waals surface area contributed by atoms with E-state index < -0.39 is 24.3 Å². The number of benzene rings is 3. The number of esters is 1. The lowest BCUT2D eigenvalue weighted by atomic mass is 10.2. The first kappa shape index (κ1) is 20.9. The van der Waals surface area contributed by atoms with E-state index in [1.54, 1.807) is 30.3 Å². The molecule has 0 unspecified atom stereocenters. The number of rotatable bonds is 9. The third-order valence-corrected chi connectivity index (χ3v) is 4.07. The van der Waals surface area contributed by atoms with Gasteiger partial charge in [-0.3, -0.25) is 4.79 Å². The van der Waals surface area contributed by atoms with E-state index in [4.69, 9.17) is 9.47 Å². The van der Waals surface area contributed by atoms with Gasteiger partial charge in [0.15, 0.2) is 13.2 Å². The van der Waals surface area contributed by atoms with Crippen molar-refractivity contribution in [1.82, 2.24) is 5.32 Å². The van der Waals surface area contributed by atoms with Crippen LogP contribution in [0, 0.1) is 5.82 Å². The molecule has 30 heavy (non-hydrogen) atoms. The van der Waals surface area contributed by atoms with Crippen LogP contribution in [0.2, 0.25) is 0 Å². The van der Waals surface area contributed by atoms with Crippen molar-refractivity contribution in [1.29, 1.82) is 0 Å². The molecule has 0 heterocycles. The SMILES string of the molecule is O=C(COC(=O)COc1ccc(Nc2ccccc2)cc1)NCc1ccccc1F. The van der Waals surface area contributed by atoms with Gasteiger partial charge in [-0.1, -0.05) is 36.4 Å². The van der Waals surface area contributed by atoms with Crippen molar-refractivity contribution in [2.45, 2.75) is 6.54 Å². The van der Waals surface area contributed by atoms with Gasteiger partial charge in [-0.15, -0.1) is 0 Å². The molecule has 154 valence electrons. The van der Waals surface area contributed by atoms with E-state index in [0.717, 1.165) is 11.4 Å². The fourth-order valence-electron chi connectivity index (χ4n) is 2.54. The third kappa shape index (κ3) is 6.63. The van der Waals surface area contributed by atoms with Gasteiger partial charge in [0.05, 0.1) is 0 Å². The van der Waals surface area contributed by atoms with Gasteiger partial charge in [0, 0.05) is 23.5 Å². The number of nitrogens with one attached hydrogen (secondary N) is 2. The van der Waals surface area contributed by atoms with Crippen molar-refractivity contribution in [3.05, 3.63) is 90.2 Å². The molecule has 1 amide bonds. The van der Waals surface area contributed by atoms with E-state index in [9.17, 15) is 14.0 Å². The molecular weight excluding hydrogens is 387 g/mol. The van der Waals surface area contributed by atoms with Crippen molar-refractivity contribution in [2.75, 3.05) is 18.5 Å². The number of hydrogen-bond donors (Lipinski definition) is 2. The molecular formula is C23H21FN2O4. The quantitative estimate of drug-likeness (QED) is 0.527. The standard InChI is InChI=1S/C23H21FN2O4/c24-21-9-5-4-6-17(21)14-25-22(27)15-30-23(28)16-29-20-12-10-19(11-13-20)26-18-7-2-1-3-8-18/h1-13,26H,14-16H2,(H,25,27). The number of hydrogen-bond acceptors (Lipinski definition) is 5. The molecule has 2 N–H and O–H groups in total. The number of carbonyl (C=O) groups is 2. The van der Waals surface area contributed by atoms with Gasteiger partial charge >= 0.3 is 5.97 Å². The molecule has 7 heteroatoms. The number of carbonyl (C=O) groups excluding carboxylic acids is 2. The Balaban J connectivity index is 1.36. The summed E-state index contributed by atoms with van der Waals surface area (Å²) in [7, 11) is 0. The Morgan fingerprint density at radius 3 is 2.20 bits per heavy atom. The molecule has 0 saturated heterocycles. The Morgan fingerprint density at radius 1 is 0.800 bits per heavy atom. The molecule has 0 bridgehead atoms. The summed E-state index contributed by atoms with van der Waals surface area (Å²) in [5, 5.41) is 5.73. The fourth-order valence-corrected chi connectivity index (χ4v) is 2.54. The van der Waals surface area contributed by atoms with Crippen molar-refractivity contribution >= 4 is 23.3 Å². The summed E-state index contributed by atoms with van der Waals surface area (Å²) in [5.74, 6) is -1.12. The molecule has 0 saturated carbocycles. The molecule has 0 aliphatic rings. The second kappa shape index (κ2) is 10.6. The van der Waals surface area contributed by atoms with Crippen molar-refractivity contribution < 1.29 is 23.5 Å². The van der Waals surface area contributed by atoms with Crippen molar-refractivity contribution in [2.24, 2.45) is 0 Å². The van der Waals surface area contributed by atoms with Gasteiger partial charge in [0.25, 0.3) is 5.91 Å². The number of amides is 1. The van der Waals surface area contributed by atoms with Crippen molar-refractivity contribution in [3.8, 4) is 5.75 Å². The van der Waals surface area contributed by atoms with Crippen LogP contribution in [0.1, 0.15) is 5.56 Å². The lowest BCUT2D eigenvalue weighted by Crippen LogP contribution is -2.29. The summed E-state index contributed by atoms with van der Waals surface area (Å²) in [4.78, 5) is 23.5. The summed E-state index contributed by atoms with van der Waals surface area (Å²) in [6, 6.07) is 22.9. The highest BCUT2D eigenvalue weighted by Gasteiger charge is 2.09. The highest BCUT2D eigenvalue weighted by molar-refractivity contribution is 5.80. The predicted octanol–water partition coefficient (Wildman–Crippen LogP) is 3.81. The Bertz CT molecular complexity index is 978. The Labute approximate surface area is 173 Å². The van der Waals surface area contributed by atoms with Crippen LogP contribution in [-0.4, -0.2) is 25.1 Å². The topological polar surface area (TPSA) is 76.7 Å². The molecule has 0 spiro atoms. The average Bonchev–Trinajstić information content (AvgIpc) is 2.77. The number of ether oxygens (including phenoxy) is 2. The molecule has 0 atom stereocenters. The normalized spacial score (nSPS) is 10.2. The van der Waals surface area contributed by atoms with Gasteiger partial charge in [-0.25, -0.2) is 9.18 Å². The Morgan fingerprint density at radius 2 is 1.47 bits per heavy atom. The third-order valence-electron chi connectivity index (χ3n) is 4.07. The van der Waals surface area contributed by atoms with Gasteiger partial charge in [-0.2, -0.15) is 0 Å². The number of halogens is 1. The van der Waals surface area contributed by atoms with E-state index in [2.05, 4.69) is 10.6 Å². The van der Waals surface area contributed by atoms with Crippen LogP contribution in [0.15, 0.2) is 78.9 Å². The zero-order chi connectivity index (χ0) is 21.2. The molecule has 3 rings (SSSR count). The minimum atomic E-state index is -0.678. The molecule has 0 fully saturated rings. The molecule has 0 radical (unpaired) electrons. The van der Waals surface area contributed by atoms with Crippen LogP contribution < -0.4 is 15.4 Å². The first-order valence-corrected chi connectivity index (χ1v) is 9.31. The minimum absolute atomic E-state index is 0.0168. The smallest absolute Gasteiger partial charge is 0.344 e. The van der Waals surface area contributed by atoms with Crippen LogP contribution in [0.3, 0.4) is 0 Å². The maximum atomic E-state index is 13.5. The molecule has 6 nitrogen and oxygen atoms in total. The van der Waals surface area contributed by atoms with E-state index in [-0.39, 0.29) is 13.2 Å². The molecule has 0 aliphatic carbocycles. The average molecular weight is 408 g/mol. The maximum Gasteiger partial charge on any atom is 0.344 e. The lowest BCUT2D eigenvalue weighted by Gasteiger charge is -2.09. The van der Waals surface area contributed by atoms with Gasteiger partial charge in [0.2, 0.25) is 0 Å². The highest BCUT2D eigenvalue weighted by atomic mass is 19.1. The molecule has 3 aromatic carbocycles. The molecule has 0 aliphatic heterocycles. The molecule has 3 aromatic rings. The van der Waals surface area contributed by atoms with Gasteiger partial charge < -0.3 is 20.1 Å². The minimum Gasteiger partial charge on any atom is -0.482 e. The first-order valence-electron chi connectivity index (χ1n) is 9.31. The highest BCUT2D eigenvalue weighted by Crippen LogP contribution is 2.19. The monoisotopic (exact) mass is 408 g/mol. The van der Waals surface area contributed by atoms with Crippen LogP contribution in [-0.2, 0) is 20.9 Å². The Kier molecular flexibility index (Phi) is 7.38. The largest absolute Gasteiger partial charge is 0.482 e. The van der Waals surface area contributed by atoms with Gasteiger partial charge in [0.1, 0.15) is 11.6 Å². The summed E-state index contributed by atoms with van der Waals surface area (Å²) in [6.45, 7) is -0.772. The summed E-state index contributed by atoms with van der Waals surface area (Å²) in [5.41, 5.74) is 2.19. The van der Waals surface area contributed by atoms with Crippen LogP contribution >= 0.6 is 0 Å². The first-order chi connectivity index (χ1) is 14.6. The number of anilines is 2. The summed E-state index contributed by atoms with van der Waals surface area (Å²) >= 11 is 0. The summed E-state index contributed by atoms with van der Waals surface area (Å²) in [6.07, 6.45) is 0. The fraction of sp³-hybridized carbons (Fsp3) is 0.130. The second-order valence-electron chi connectivity index (χ2n) is 6.33. The van der Waals surface area contributed by atoms with Crippen LogP contribution in [0.25, 0.3) is 0 Å². The van der Waals surface area contributed by atoms with Crippen LogP contribution in [0.4, 0.5) is 15.8 Å². The lowest BCUT2D eigenvalue weighted by molar-refractivity contribution is -0.150. The molecule has 0 aromatic heterocycles. The van der Waals surface area contributed by atoms with E-state index in [0.29, 0.717) is 11.3 Å². The summed E-state index contributed by atoms with van der Waals surface area (Å²) < 4.78 is 23.7. The van der Waals surface area contributed by atoms with Crippen molar-refractivity contribution in [3.63, 3.8) is 0 Å². The predicted molar refractivity (Wildman–Crippen MR) is 111 cm³/mol. The van der Waals surface area contributed by atoms with E-state index >= 15 is 0 Å². The van der Waals surface area contributed by atoms with E-state index in [1.807, 2.05) is 42.5 Å². The maximum absolute atomic E-state index is 13.5. The van der Waals surface area contributed by atoms with Gasteiger partial charge in [-0.05, 0) is 42.5 Å². The Hall–Kier alpha value is -3.87. The van der Waals surface area contributed by atoms with E-state index in [1.165, 1.54) is 6.07 Å². The zero-order valence-corrected chi connectivity index (χ0v) is 16.1. The zero-order valence-electron chi connectivity index (χ0n) is 16.1. The van der Waals surface area contributed by atoms with Crippen LogP contribution in [0.5, 0.6) is 5.75 Å².